The molecule has 0 saturated carbocycles. The lowest BCUT2D eigenvalue weighted by Gasteiger charge is -2.14. The van der Waals surface area contributed by atoms with Gasteiger partial charge < -0.3 is 14.8 Å². The molecule has 1 amide bonds. The molecule has 26 heavy (non-hydrogen) atoms. The second-order valence-electron chi connectivity index (χ2n) is 5.93. The molecule has 0 spiro atoms. The maximum Gasteiger partial charge on any atom is 0.234 e. The molecule has 2 aromatic rings. The van der Waals surface area contributed by atoms with Gasteiger partial charge >= 0.3 is 0 Å². The molecule has 5 heteroatoms. The molecule has 2 aromatic carbocycles. The number of carbonyl (C=O) groups excluding carboxylic acids is 1. The largest absolute Gasteiger partial charge is 0.490 e. The fourth-order valence-electron chi connectivity index (χ4n) is 2.54. The number of aryl methyl sites for hydroxylation is 1. The predicted octanol–water partition coefficient (Wildman–Crippen LogP) is 3.55. The molecular weight excluding hydrogens is 328 g/mol. The molecule has 0 aromatic heterocycles. The molecule has 136 valence electrons. The van der Waals surface area contributed by atoms with Gasteiger partial charge in [0.1, 0.15) is 13.0 Å². The third kappa shape index (κ3) is 6.14. The Balaban J connectivity index is 1.98. The van der Waals surface area contributed by atoms with Crippen LogP contribution in [0.4, 0.5) is 0 Å². The van der Waals surface area contributed by atoms with Gasteiger partial charge in [-0.05, 0) is 43.5 Å². The van der Waals surface area contributed by atoms with Crippen molar-refractivity contribution in [3.8, 4) is 17.6 Å². The van der Waals surface area contributed by atoms with E-state index in [-0.39, 0.29) is 12.3 Å². The number of ether oxygens (including phenoxy) is 2. The maximum absolute atomic E-state index is 11.3. The number of benzene rings is 2. The molecule has 0 saturated heterocycles. The summed E-state index contributed by atoms with van der Waals surface area (Å²) in [6.07, 6.45) is 0.547. The Morgan fingerprint density at radius 1 is 1.12 bits per heavy atom. The van der Waals surface area contributed by atoms with Gasteiger partial charge in [0.15, 0.2) is 11.5 Å². The van der Waals surface area contributed by atoms with Crippen LogP contribution in [0.3, 0.4) is 0 Å². The standard InChI is InChI=1S/C21H24N2O3/c1-3-25-20-14-17(10-12-23-21(24)9-11-22)7-8-19(20)26-15-18-6-4-5-16(2)13-18/h4-8,13-14H,3,9-10,12,15H2,1-2H3,(H,23,24). The van der Waals surface area contributed by atoms with Crippen LogP contribution in [0.5, 0.6) is 11.5 Å². The van der Waals surface area contributed by atoms with Crippen LogP contribution in [0.2, 0.25) is 0 Å². The van der Waals surface area contributed by atoms with E-state index in [1.165, 1.54) is 5.56 Å². The molecule has 0 aliphatic heterocycles. The van der Waals surface area contributed by atoms with Crippen molar-refractivity contribution in [3.63, 3.8) is 0 Å². The van der Waals surface area contributed by atoms with Gasteiger partial charge in [-0.25, -0.2) is 0 Å². The van der Waals surface area contributed by atoms with E-state index in [1.807, 2.05) is 43.3 Å². The average molecular weight is 352 g/mol. The Labute approximate surface area is 154 Å². The summed E-state index contributed by atoms with van der Waals surface area (Å²) in [5.41, 5.74) is 3.34. The lowest BCUT2D eigenvalue weighted by atomic mass is 10.1. The van der Waals surface area contributed by atoms with Crippen LogP contribution in [0, 0.1) is 18.3 Å². The Morgan fingerprint density at radius 2 is 1.96 bits per heavy atom. The highest BCUT2D eigenvalue weighted by Crippen LogP contribution is 2.29. The number of carbonyl (C=O) groups is 1. The monoisotopic (exact) mass is 352 g/mol. The summed E-state index contributed by atoms with van der Waals surface area (Å²) in [5.74, 6) is 1.14. The van der Waals surface area contributed by atoms with Gasteiger partial charge in [0, 0.05) is 6.54 Å². The fraction of sp³-hybridized carbons (Fsp3) is 0.333. The Kier molecular flexibility index (Phi) is 7.50. The van der Waals surface area contributed by atoms with E-state index in [0.29, 0.717) is 37.7 Å². The smallest absolute Gasteiger partial charge is 0.234 e. The van der Waals surface area contributed by atoms with Crippen LogP contribution in [0.25, 0.3) is 0 Å². The number of nitrogens with one attached hydrogen (secondary N) is 1. The minimum Gasteiger partial charge on any atom is -0.490 e. The summed E-state index contributed by atoms with van der Waals surface area (Å²) in [6, 6.07) is 15.8. The van der Waals surface area contributed by atoms with Gasteiger partial charge in [-0.1, -0.05) is 35.9 Å². The average Bonchev–Trinajstić information content (AvgIpc) is 2.62. The Morgan fingerprint density at radius 3 is 2.69 bits per heavy atom. The number of nitriles is 1. The molecule has 0 bridgehead atoms. The fourth-order valence-corrected chi connectivity index (χ4v) is 2.54. The molecular formula is C21H24N2O3. The number of amides is 1. The third-order valence-electron chi connectivity index (χ3n) is 3.76. The van der Waals surface area contributed by atoms with Crippen LogP contribution < -0.4 is 14.8 Å². The van der Waals surface area contributed by atoms with Crippen molar-refractivity contribution in [2.24, 2.45) is 0 Å². The first-order valence-electron chi connectivity index (χ1n) is 8.70. The van der Waals surface area contributed by atoms with Crippen LogP contribution in [0.15, 0.2) is 42.5 Å². The number of hydrogen-bond donors (Lipinski definition) is 1. The van der Waals surface area contributed by atoms with Gasteiger partial charge in [0.05, 0.1) is 12.7 Å². The van der Waals surface area contributed by atoms with E-state index >= 15 is 0 Å². The number of hydrogen-bond acceptors (Lipinski definition) is 4. The molecule has 2 rings (SSSR count). The van der Waals surface area contributed by atoms with Crippen LogP contribution in [0.1, 0.15) is 30.0 Å². The van der Waals surface area contributed by atoms with Crippen LogP contribution in [-0.2, 0) is 17.8 Å². The van der Waals surface area contributed by atoms with E-state index in [1.54, 1.807) is 0 Å². The van der Waals surface area contributed by atoms with Crippen LogP contribution in [-0.4, -0.2) is 19.1 Å². The molecule has 1 N–H and O–H groups in total. The zero-order chi connectivity index (χ0) is 18.8. The highest BCUT2D eigenvalue weighted by atomic mass is 16.5. The second kappa shape index (κ2) is 10.1. The van der Waals surface area contributed by atoms with E-state index in [2.05, 4.69) is 24.4 Å². The highest BCUT2D eigenvalue weighted by Gasteiger charge is 2.08. The molecule has 5 nitrogen and oxygen atoms in total. The maximum atomic E-state index is 11.3. The summed E-state index contributed by atoms with van der Waals surface area (Å²) >= 11 is 0. The van der Waals surface area contributed by atoms with Gasteiger partial charge in [-0.15, -0.1) is 0 Å². The lowest BCUT2D eigenvalue weighted by molar-refractivity contribution is -0.120. The van der Waals surface area contributed by atoms with Crippen LogP contribution >= 0.6 is 0 Å². The minimum atomic E-state index is -0.254. The van der Waals surface area contributed by atoms with Crippen molar-refractivity contribution in [2.75, 3.05) is 13.2 Å². The zero-order valence-corrected chi connectivity index (χ0v) is 15.2. The van der Waals surface area contributed by atoms with E-state index in [4.69, 9.17) is 14.7 Å². The summed E-state index contributed by atoms with van der Waals surface area (Å²) in [5, 5.41) is 11.2. The third-order valence-corrected chi connectivity index (χ3v) is 3.76. The second-order valence-corrected chi connectivity index (χ2v) is 5.93. The zero-order valence-electron chi connectivity index (χ0n) is 15.2. The summed E-state index contributed by atoms with van der Waals surface area (Å²) in [7, 11) is 0. The van der Waals surface area contributed by atoms with Gasteiger partial charge in [-0.2, -0.15) is 5.26 Å². The van der Waals surface area contributed by atoms with E-state index in [0.717, 1.165) is 11.1 Å². The molecule has 0 atom stereocenters. The summed E-state index contributed by atoms with van der Waals surface area (Å²) in [4.78, 5) is 11.3. The quantitative estimate of drug-likeness (QED) is 0.749. The van der Waals surface area contributed by atoms with Crippen molar-refractivity contribution in [1.29, 1.82) is 5.26 Å². The van der Waals surface area contributed by atoms with E-state index < -0.39 is 0 Å². The molecule has 0 aliphatic rings. The molecule has 0 unspecified atom stereocenters. The number of rotatable bonds is 9. The van der Waals surface area contributed by atoms with Crippen molar-refractivity contribution in [2.45, 2.75) is 33.3 Å². The first-order chi connectivity index (χ1) is 12.6. The lowest BCUT2D eigenvalue weighted by Crippen LogP contribution is -2.24. The van der Waals surface area contributed by atoms with Crippen molar-refractivity contribution < 1.29 is 14.3 Å². The first-order valence-corrected chi connectivity index (χ1v) is 8.70. The van der Waals surface area contributed by atoms with Gasteiger partial charge in [0.2, 0.25) is 5.91 Å². The molecule has 0 aliphatic carbocycles. The highest BCUT2D eigenvalue weighted by molar-refractivity contribution is 5.77. The number of nitrogens with zero attached hydrogens (tertiary/aromatic N) is 1. The summed E-state index contributed by atoms with van der Waals surface area (Å²) < 4.78 is 11.6. The predicted molar refractivity (Wildman–Crippen MR) is 100 cm³/mol. The normalized spacial score (nSPS) is 10.0. The Bertz CT molecular complexity index is 781. The van der Waals surface area contributed by atoms with Gasteiger partial charge in [-0.3, -0.25) is 4.79 Å². The first kappa shape index (κ1) is 19.3. The topological polar surface area (TPSA) is 71.3 Å². The van der Waals surface area contributed by atoms with Crippen molar-refractivity contribution in [3.05, 3.63) is 59.2 Å². The van der Waals surface area contributed by atoms with Gasteiger partial charge in [0.25, 0.3) is 0 Å². The molecule has 0 heterocycles. The van der Waals surface area contributed by atoms with Crippen molar-refractivity contribution in [1.82, 2.24) is 5.32 Å². The minimum absolute atomic E-state index is 0.115. The SMILES string of the molecule is CCOc1cc(CCNC(=O)CC#N)ccc1OCc1cccc(C)c1. The summed E-state index contributed by atoms with van der Waals surface area (Å²) in [6.45, 7) is 5.49. The van der Waals surface area contributed by atoms with E-state index in [9.17, 15) is 4.79 Å². The molecule has 0 fully saturated rings. The molecule has 0 radical (unpaired) electrons. The van der Waals surface area contributed by atoms with Crippen molar-refractivity contribution >= 4 is 5.91 Å². The Hall–Kier alpha value is -3.00.